The monoisotopic (exact) mass is 540 g/mol. The Morgan fingerprint density at radius 1 is 1.03 bits per heavy atom. The maximum absolute atomic E-state index is 14.0. The Hall–Kier alpha value is -3.26. The number of hydrogen-bond acceptors (Lipinski definition) is 6. The van der Waals surface area contributed by atoms with Gasteiger partial charge in [-0.2, -0.15) is 0 Å². The zero-order chi connectivity index (χ0) is 28.4. The van der Waals surface area contributed by atoms with Crippen LogP contribution < -0.4 is 9.47 Å². The molecule has 1 atom stereocenters. The van der Waals surface area contributed by atoms with E-state index in [1.165, 1.54) is 0 Å². The van der Waals surface area contributed by atoms with E-state index in [0.29, 0.717) is 50.0 Å². The fourth-order valence-corrected chi connectivity index (χ4v) is 4.64. The molecule has 8 heteroatoms. The van der Waals surface area contributed by atoms with Gasteiger partial charge in [-0.1, -0.05) is 30.3 Å². The molecule has 1 aliphatic rings. The first-order valence-corrected chi connectivity index (χ1v) is 13.8. The molecule has 0 bridgehead atoms. The summed E-state index contributed by atoms with van der Waals surface area (Å²) in [5.74, 6) is 1.02. The van der Waals surface area contributed by atoms with Gasteiger partial charge in [0.25, 0.3) is 5.91 Å². The fourth-order valence-electron chi connectivity index (χ4n) is 4.64. The highest BCUT2D eigenvalue weighted by molar-refractivity contribution is 5.95. The van der Waals surface area contributed by atoms with Gasteiger partial charge in [0.05, 0.1) is 12.6 Å². The molecule has 1 heterocycles. The molecule has 8 nitrogen and oxygen atoms in total. The summed E-state index contributed by atoms with van der Waals surface area (Å²) in [5.41, 5.74) is 0.952. The molecule has 39 heavy (non-hydrogen) atoms. The van der Waals surface area contributed by atoms with Crippen molar-refractivity contribution >= 4 is 12.0 Å². The molecule has 214 valence electrons. The van der Waals surface area contributed by atoms with Gasteiger partial charge in [-0.3, -0.25) is 4.79 Å². The molecule has 1 saturated heterocycles. The minimum absolute atomic E-state index is 0.0685. The van der Waals surface area contributed by atoms with Crippen molar-refractivity contribution in [3.05, 3.63) is 59.7 Å². The Labute approximate surface area is 233 Å². The van der Waals surface area contributed by atoms with Crippen molar-refractivity contribution < 1.29 is 28.5 Å². The van der Waals surface area contributed by atoms with Gasteiger partial charge < -0.3 is 28.7 Å². The Kier molecular flexibility index (Phi) is 11.0. The third kappa shape index (κ3) is 9.46. The summed E-state index contributed by atoms with van der Waals surface area (Å²) < 4.78 is 22.8. The second-order valence-electron chi connectivity index (χ2n) is 11.2. The van der Waals surface area contributed by atoms with Crippen molar-refractivity contribution in [2.75, 3.05) is 33.4 Å². The van der Waals surface area contributed by atoms with Crippen molar-refractivity contribution in [1.82, 2.24) is 9.80 Å². The Bertz CT molecular complexity index is 1070. The van der Waals surface area contributed by atoms with Crippen LogP contribution in [-0.4, -0.2) is 72.9 Å². The van der Waals surface area contributed by atoms with Gasteiger partial charge in [-0.05, 0) is 65.2 Å². The standard InChI is InChI=1S/C31H44N2O6/c1-23(2)33(26-14-10-15-32(21-26)30(35)39-31(3,4)5)29(34)25-18-27(37-17-11-16-36-6)20-28(19-25)38-22-24-12-8-7-9-13-24/h7-9,12-13,18-20,23,26H,10-11,14-17,21-22H2,1-6H3/t26-/m1/s1. The van der Waals surface area contributed by atoms with E-state index in [-0.39, 0.29) is 24.1 Å². The fraction of sp³-hybridized carbons (Fsp3) is 0.548. The minimum Gasteiger partial charge on any atom is -0.493 e. The van der Waals surface area contributed by atoms with Crippen LogP contribution >= 0.6 is 0 Å². The third-order valence-electron chi connectivity index (χ3n) is 6.37. The third-order valence-corrected chi connectivity index (χ3v) is 6.37. The van der Waals surface area contributed by atoms with Crippen LogP contribution in [0.3, 0.4) is 0 Å². The number of carbonyl (C=O) groups excluding carboxylic acids is 2. The van der Waals surface area contributed by atoms with Crippen molar-refractivity contribution in [2.45, 2.75) is 78.2 Å². The Morgan fingerprint density at radius 3 is 2.36 bits per heavy atom. The zero-order valence-corrected chi connectivity index (χ0v) is 24.3. The Morgan fingerprint density at radius 2 is 1.72 bits per heavy atom. The summed E-state index contributed by atoms with van der Waals surface area (Å²) in [6, 6.07) is 15.1. The van der Waals surface area contributed by atoms with E-state index < -0.39 is 5.60 Å². The van der Waals surface area contributed by atoms with Crippen LogP contribution in [0.2, 0.25) is 0 Å². The number of carbonyl (C=O) groups is 2. The van der Waals surface area contributed by atoms with Crippen LogP contribution in [-0.2, 0) is 16.1 Å². The molecule has 0 spiro atoms. The normalized spacial score (nSPS) is 15.7. The lowest BCUT2D eigenvalue weighted by molar-refractivity contribution is 0.00751. The smallest absolute Gasteiger partial charge is 0.410 e. The highest BCUT2D eigenvalue weighted by atomic mass is 16.6. The number of piperidine rings is 1. The molecule has 0 aromatic heterocycles. The van der Waals surface area contributed by atoms with Gasteiger partial charge in [0.15, 0.2) is 0 Å². The molecular weight excluding hydrogens is 496 g/mol. The van der Waals surface area contributed by atoms with Crippen molar-refractivity contribution in [3.63, 3.8) is 0 Å². The topological polar surface area (TPSA) is 77.5 Å². The molecule has 2 amide bonds. The summed E-state index contributed by atoms with van der Waals surface area (Å²) in [7, 11) is 1.66. The summed E-state index contributed by atoms with van der Waals surface area (Å²) in [6.07, 6.45) is 2.00. The lowest BCUT2D eigenvalue weighted by atomic mass is 10.0. The van der Waals surface area contributed by atoms with Crippen LogP contribution in [0, 0.1) is 0 Å². The van der Waals surface area contributed by atoms with E-state index >= 15 is 0 Å². The zero-order valence-electron chi connectivity index (χ0n) is 24.3. The van der Waals surface area contributed by atoms with Crippen LogP contribution in [0.25, 0.3) is 0 Å². The van der Waals surface area contributed by atoms with E-state index in [4.69, 9.17) is 18.9 Å². The van der Waals surface area contributed by atoms with Crippen molar-refractivity contribution in [2.24, 2.45) is 0 Å². The van der Waals surface area contributed by atoms with Crippen LogP contribution in [0.4, 0.5) is 4.79 Å². The largest absolute Gasteiger partial charge is 0.493 e. The molecule has 2 aromatic rings. The maximum Gasteiger partial charge on any atom is 0.410 e. The predicted molar refractivity (Wildman–Crippen MR) is 151 cm³/mol. The molecule has 1 fully saturated rings. The first-order valence-electron chi connectivity index (χ1n) is 13.8. The van der Waals surface area contributed by atoms with Crippen LogP contribution in [0.5, 0.6) is 11.5 Å². The molecule has 0 unspecified atom stereocenters. The highest BCUT2D eigenvalue weighted by Gasteiger charge is 2.34. The molecule has 0 radical (unpaired) electrons. The molecule has 0 saturated carbocycles. The number of nitrogens with zero attached hydrogens (tertiary/aromatic N) is 2. The van der Waals surface area contributed by atoms with Crippen LogP contribution in [0.15, 0.2) is 48.5 Å². The number of methoxy groups -OCH3 is 1. The molecule has 1 aliphatic heterocycles. The highest BCUT2D eigenvalue weighted by Crippen LogP contribution is 2.28. The average Bonchev–Trinajstić information content (AvgIpc) is 2.89. The lowest BCUT2D eigenvalue weighted by Crippen LogP contribution is -2.54. The summed E-state index contributed by atoms with van der Waals surface area (Å²) >= 11 is 0. The van der Waals surface area contributed by atoms with Gasteiger partial charge in [0.2, 0.25) is 0 Å². The number of amides is 2. The first kappa shape index (κ1) is 30.3. The number of hydrogen-bond donors (Lipinski definition) is 0. The minimum atomic E-state index is -0.572. The average molecular weight is 541 g/mol. The molecular formula is C31H44N2O6. The number of rotatable bonds is 11. The molecule has 0 aliphatic carbocycles. The maximum atomic E-state index is 14.0. The van der Waals surface area contributed by atoms with E-state index in [1.54, 1.807) is 24.1 Å². The second-order valence-corrected chi connectivity index (χ2v) is 11.2. The molecule has 3 rings (SSSR count). The van der Waals surface area contributed by atoms with E-state index in [0.717, 1.165) is 24.8 Å². The van der Waals surface area contributed by atoms with Gasteiger partial charge in [-0.25, -0.2) is 4.79 Å². The first-order chi connectivity index (χ1) is 18.6. The Balaban J connectivity index is 1.82. The van der Waals surface area contributed by atoms with Gasteiger partial charge >= 0.3 is 6.09 Å². The number of benzene rings is 2. The summed E-state index contributed by atoms with van der Waals surface area (Å²) in [5, 5.41) is 0. The quantitative estimate of drug-likeness (QED) is 0.329. The summed E-state index contributed by atoms with van der Waals surface area (Å²) in [6.45, 7) is 12.1. The summed E-state index contributed by atoms with van der Waals surface area (Å²) in [4.78, 5) is 30.4. The van der Waals surface area contributed by atoms with E-state index in [2.05, 4.69) is 0 Å². The van der Waals surface area contributed by atoms with Crippen molar-refractivity contribution in [3.8, 4) is 11.5 Å². The van der Waals surface area contributed by atoms with Gasteiger partial charge in [0, 0.05) is 50.9 Å². The van der Waals surface area contributed by atoms with Gasteiger partial charge in [0.1, 0.15) is 23.7 Å². The van der Waals surface area contributed by atoms with Gasteiger partial charge in [-0.15, -0.1) is 0 Å². The predicted octanol–water partition coefficient (Wildman–Crippen LogP) is 5.93. The SMILES string of the molecule is COCCCOc1cc(OCc2ccccc2)cc(C(=O)N(C(C)C)[C@@H]2CCCN(C(=O)OC(C)(C)C)C2)c1. The van der Waals surface area contributed by atoms with E-state index in [9.17, 15) is 9.59 Å². The molecule has 0 N–H and O–H groups in total. The van der Waals surface area contributed by atoms with Crippen molar-refractivity contribution in [1.29, 1.82) is 0 Å². The lowest BCUT2D eigenvalue weighted by Gasteiger charge is -2.41. The number of likely N-dealkylation sites (tertiary alicyclic amines) is 1. The van der Waals surface area contributed by atoms with E-state index in [1.807, 2.05) is 75.9 Å². The van der Waals surface area contributed by atoms with Crippen LogP contribution in [0.1, 0.15) is 69.8 Å². The molecule has 2 aromatic carbocycles. The second kappa shape index (κ2) is 14.2. The number of ether oxygens (including phenoxy) is 4.